The van der Waals surface area contributed by atoms with Crippen LogP contribution in [-0.4, -0.2) is 39.0 Å². The molecule has 1 fully saturated rings. The Balaban J connectivity index is 1.33. The molecule has 1 aliphatic heterocycles. The number of aryl methyl sites for hydroxylation is 1. The fraction of sp³-hybridized carbons (Fsp3) is 0.421. The van der Waals surface area contributed by atoms with Crippen LogP contribution in [0.2, 0.25) is 5.22 Å². The molecule has 1 aromatic carbocycles. The quantitative estimate of drug-likeness (QED) is 0.754. The maximum absolute atomic E-state index is 12.5. The lowest BCUT2D eigenvalue weighted by Crippen LogP contribution is -2.38. The third-order valence-corrected chi connectivity index (χ3v) is 5.46. The highest BCUT2D eigenvalue weighted by atomic mass is 35.5. The lowest BCUT2D eigenvalue weighted by molar-refractivity contribution is -0.132. The summed E-state index contributed by atoms with van der Waals surface area (Å²) in [5.74, 6) is 1.57. The lowest BCUT2D eigenvalue weighted by atomic mass is 9.95. The van der Waals surface area contributed by atoms with Gasteiger partial charge in [-0.25, -0.2) is 4.98 Å². The molecule has 0 spiro atoms. The van der Waals surface area contributed by atoms with Gasteiger partial charge in [-0.1, -0.05) is 17.3 Å². The number of amides is 1. The SMILES string of the molecule is Cc1noc(Cl)c1CCC(=O)N1CCC(c2nc3ccccc3[nH]2)CC1. The molecule has 6 nitrogen and oxygen atoms in total. The number of likely N-dealkylation sites (tertiary alicyclic amines) is 1. The highest BCUT2D eigenvalue weighted by Gasteiger charge is 2.26. The summed E-state index contributed by atoms with van der Waals surface area (Å²) in [4.78, 5) is 22.6. The summed E-state index contributed by atoms with van der Waals surface area (Å²) in [6.45, 7) is 3.36. The molecule has 0 saturated carbocycles. The minimum Gasteiger partial charge on any atom is -0.344 e. The van der Waals surface area contributed by atoms with E-state index in [1.807, 2.05) is 36.1 Å². The molecule has 2 aromatic heterocycles. The van der Waals surface area contributed by atoms with E-state index in [1.54, 1.807) is 0 Å². The van der Waals surface area contributed by atoms with E-state index < -0.39 is 0 Å². The van der Waals surface area contributed by atoms with Gasteiger partial charge in [-0.05, 0) is 49.9 Å². The van der Waals surface area contributed by atoms with Crippen LogP contribution >= 0.6 is 11.6 Å². The third-order valence-electron chi connectivity index (χ3n) is 5.17. The van der Waals surface area contributed by atoms with Gasteiger partial charge >= 0.3 is 0 Å². The van der Waals surface area contributed by atoms with Gasteiger partial charge in [0.05, 0.1) is 16.7 Å². The second kappa shape index (κ2) is 7.11. The monoisotopic (exact) mass is 372 g/mol. The normalized spacial score (nSPS) is 15.7. The van der Waals surface area contributed by atoms with E-state index in [2.05, 4.69) is 10.1 Å². The molecule has 1 aliphatic rings. The van der Waals surface area contributed by atoms with Crippen LogP contribution in [0.4, 0.5) is 0 Å². The van der Waals surface area contributed by atoms with Gasteiger partial charge in [-0.3, -0.25) is 4.79 Å². The van der Waals surface area contributed by atoms with Crippen LogP contribution in [0, 0.1) is 6.92 Å². The van der Waals surface area contributed by atoms with Crippen LogP contribution in [0.1, 0.15) is 42.3 Å². The Hall–Kier alpha value is -2.34. The number of piperidine rings is 1. The smallest absolute Gasteiger partial charge is 0.229 e. The molecule has 0 atom stereocenters. The van der Waals surface area contributed by atoms with Gasteiger partial charge in [-0.15, -0.1) is 0 Å². The van der Waals surface area contributed by atoms with Crippen molar-refractivity contribution in [1.82, 2.24) is 20.0 Å². The molecule has 0 aliphatic carbocycles. The topological polar surface area (TPSA) is 75.0 Å². The number of H-pyrrole nitrogens is 1. The fourth-order valence-corrected chi connectivity index (χ4v) is 3.86. The zero-order chi connectivity index (χ0) is 18.1. The Kier molecular flexibility index (Phi) is 4.68. The molecule has 0 bridgehead atoms. The molecule has 26 heavy (non-hydrogen) atoms. The Bertz CT molecular complexity index is 872. The zero-order valence-corrected chi connectivity index (χ0v) is 15.4. The number of benzene rings is 1. The Labute approximate surface area is 156 Å². The number of imidazole rings is 1. The Morgan fingerprint density at radius 2 is 2.12 bits per heavy atom. The van der Waals surface area contributed by atoms with Gasteiger partial charge in [-0.2, -0.15) is 0 Å². The van der Waals surface area contributed by atoms with Gasteiger partial charge in [0.1, 0.15) is 5.82 Å². The number of halogens is 1. The van der Waals surface area contributed by atoms with Crippen LogP contribution in [0.15, 0.2) is 28.8 Å². The van der Waals surface area contributed by atoms with E-state index in [-0.39, 0.29) is 5.91 Å². The largest absolute Gasteiger partial charge is 0.344 e. The first-order valence-corrected chi connectivity index (χ1v) is 9.32. The highest BCUT2D eigenvalue weighted by Crippen LogP contribution is 2.28. The van der Waals surface area contributed by atoms with E-state index >= 15 is 0 Å². The van der Waals surface area contributed by atoms with Crippen molar-refractivity contribution < 1.29 is 9.32 Å². The molecular weight excluding hydrogens is 352 g/mol. The second-order valence-electron chi connectivity index (χ2n) is 6.81. The summed E-state index contributed by atoms with van der Waals surface area (Å²) < 4.78 is 4.94. The summed E-state index contributed by atoms with van der Waals surface area (Å²) >= 11 is 5.97. The number of carbonyl (C=O) groups is 1. The van der Waals surface area contributed by atoms with E-state index in [0.717, 1.165) is 54.0 Å². The molecule has 7 heteroatoms. The number of aromatic amines is 1. The van der Waals surface area contributed by atoms with Gasteiger partial charge in [0, 0.05) is 31.0 Å². The van der Waals surface area contributed by atoms with E-state index in [0.29, 0.717) is 24.0 Å². The van der Waals surface area contributed by atoms with Crippen molar-refractivity contribution in [2.45, 2.75) is 38.5 Å². The maximum atomic E-state index is 12.5. The molecule has 136 valence electrons. The average Bonchev–Trinajstić information content (AvgIpc) is 3.23. The van der Waals surface area contributed by atoms with Gasteiger partial charge in [0.25, 0.3) is 0 Å². The van der Waals surface area contributed by atoms with Crippen LogP contribution in [-0.2, 0) is 11.2 Å². The molecule has 3 aromatic rings. The van der Waals surface area contributed by atoms with Gasteiger partial charge in [0.15, 0.2) is 0 Å². The Morgan fingerprint density at radius 1 is 1.35 bits per heavy atom. The second-order valence-corrected chi connectivity index (χ2v) is 7.16. The standard InChI is InChI=1S/C19H21ClN4O2/c1-12-14(18(20)26-23-12)6-7-17(25)24-10-8-13(9-11-24)19-21-15-4-2-3-5-16(15)22-19/h2-5,13H,6-11H2,1H3,(H,21,22). The number of aromatic nitrogens is 3. The number of rotatable bonds is 4. The number of hydrogen-bond acceptors (Lipinski definition) is 4. The van der Waals surface area contributed by atoms with Gasteiger partial charge < -0.3 is 14.4 Å². The summed E-state index contributed by atoms with van der Waals surface area (Å²) in [5.41, 5.74) is 3.66. The third kappa shape index (κ3) is 3.33. The predicted molar refractivity (Wildman–Crippen MR) is 99.2 cm³/mol. The molecule has 1 saturated heterocycles. The first kappa shape index (κ1) is 17.1. The number of fused-ring (bicyclic) bond motifs is 1. The predicted octanol–water partition coefficient (Wildman–Crippen LogP) is 3.85. The van der Waals surface area contributed by atoms with Crippen LogP contribution in [0.5, 0.6) is 0 Å². The lowest BCUT2D eigenvalue weighted by Gasteiger charge is -2.31. The maximum Gasteiger partial charge on any atom is 0.229 e. The zero-order valence-electron chi connectivity index (χ0n) is 14.7. The molecule has 4 rings (SSSR count). The summed E-state index contributed by atoms with van der Waals surface area (Å²) in [6, 6.07) is 8.07. The van der Waals surface area contributed by atoms with Crippen molar-refractivity contribution in [1.29, 1.82) is 0 Å². The average molecular weight is 373 g/mol. The number of para-hydroxylation sites is 2. The minimum absolute atomic E-state index is 0.157. The van der Waals surface area contributed by atoms with Crippen molar-refractivity contribution in [3.8, 4) is 0 Å². The first-order valence-electron chi connectivity index (χ1n) is 8.95. The van der Waals surface area contributed by atoms with Gasteiger partial charge in [0.2, 0.25) is 11.1 Å². The minimum atomic E-state index is 0.157. The van der Waals surface area contributed by atoms with Crippen molar-refractivity contribution in [3.05, 3.63) is 46.6 Å². The molecular formula is C19H21ClN4O2. The first-order chi connectivity index (χ1) is 12.6. The molecule has 1 amide bonds. The van der Waals surface area contributed by atoms with Crippen molar-refractivity contribution in [2.24, 2.45) is 0 Å². The number of hydrogen-bond donors (Lipinski definition) is 1. The van der Waals surface area contributed by atoms with Crippen molar-refractivity contribution in [3.63, 3.8) is 0 Å². The number of carbonyl (C=O) groups excluding carboxylic acids is 1. The van der Waals surface area contributed by atoms with Crippen LogP contribution in [0.3, 0.4) is 0 Å². The van der Waals surface area contributed by atoms with Crippen LogP contribution in [0.25, 0.3) is 11.0 Å². The summed E-state index contributed by atoms with van der Waals surface area (Å²) in [6.07, 6.45) is 2.85. The molecule has 1 N–H and O–H groups in total. The summed E-state index contributed by atoms with van der Waals surface area (Å²) in [5, 5.41) is 4.12. The van der Waals surface area contributed by atoms with Crippen LogP contribution < -0.4 is 0 Å². The van der Waals surface area contributed by atoms with E-state index in [9.17, 15) is 4.79 Å². The number of nitrogens with zero attached hydrogens (tertiary/aromatic N) is 3. The fourth-order valence-electron chi connectivity index (χ4n) is 3.60. The Morgan fingerprint density at radius 3 is 2.81 bits per heavy atom. The highest BCUT2D eigenvalue weighted by molar-refractivity contribution is 6.29. The summed E-state index contributed by atoms with van der Waals surface area (Å²) in [7, 11) is 0. The molecule has 3 heterocycles. The molecule has 0 radical (unpaired) electrons. The number of nitrogens with one attached hydrogen (secondary N) is 1. The van der Waals surface area contributed by atoms with E-state index in [4.69, 9.17) is 21.1 Å². The molecule has 0 unspecified atom stereocenters. The van der Waals surface area contributed by atoms with Crippen molar-refractivity contribution >= 4 is 28.5 Å². The van der Waals surface area contributed by atoms with E-state index in [1.165, 1.54) is 0 Å². The van der Waals surface area contributed by atoms with Crippen molar-refractivity contribution in [2.75, 3.05) is 13.1 Å².